The van der Waals surface area contributed by atoms with Crippen LogP contribution in [-0.4, -0.2) is 19.5 Å². The van der Waals surface area contributed by atoms with Crippen molar-refractivity contribution in [3.8, 4) is 11.5 Å². The second-order valence-electron chi connectivity index (χ2n) is 4.11. The number of nitrogens with zero attached hydrogens (tertiary/aromatic N) is 4. The number of hydrogen-bond acceptors (Lipinski definition) is 3. The van der Waals surface area contributed by atoms with E-state index in [0.717, 1.165) is 22.4 Å². The molecule has 0 fully saturated rings. The van der Waals surface area contributed by atoms with Crippen molar-refractivity contribution in [3.05, 3.63) is 41.3 Å². The number of aromatic nitrogens is 4. The lowest BCUT2D eigenvalue weighted by Crippen LogP contribution is -1.97. The minimum Gasteiger partial charge on any atom is -0.319 e. The van der Waals surface area contributed by atoms with Gasteiger partial charge in [-0.25, -0.2) is 9.97 Å². The Balaban J connectivity index is 2.30. The van der Waals surface area contributed by atoms with Gasteiger partial charge in [0.1, 0.15) is 16.5 Å². The Morgan fingerprint density at radius 2 is 2.06 bits per heavy atom. The van der Waals surface area contributed by atoms with Crippen molar-refractivity contribution in [2.24, 2.45) is 7.05 Å². The van der Waals surface area contributed by atoms with Gasteiger partial charge in [-0.15, -0.1) is 0 Å². The van der Waals surface area contributed by atoms with E-state index in [0.29, 0.717) is 11.0 Å². The van der Waals surface area contributed by atoms with Crippen LogP contribution in [0.1, 0.15) is 5.69 Å². The Morgan fingerprint density at radius 3 is 2.78 bits per heavy atom. The Bertz CT molecular complexity index is 719. The first kappa shape index (κ1) is 11.2. The molecule has 0 amide bonds. The van der Waals surface area contributed by atoms with Gasteiger partial charge in [0.15, 0.2) is 5.82 Å². The number of pyridine rings is 1. The van der Waals surface area contributed by atoms with Crippen molar-refractivity contribution in [1.82, 2.24) is 19.5 Å². The highest BCUT2D eigenvalue weighted by atomic mass is 35.5. The average molecular weight is 259 g/mol. The van der Waals surface area contributed by atoms with Crippen LogP contribution in [0.15, 0.2) is 30.5 Å². The van der Waals surface area contributed by atoms with Crippen LogP contribution >= 0.6 is 11.6 Å². The lowest BCUT2D eigenvalue weighted by molar-refractivity contribution is 0.942. The summed E-state index contributed by atoms with van der Waals surface area (Å²) in [5.41, 5.74) is 2.50. The molecule has 0 aliphatic rings. The molecule has 3 rings (SSSR count). The molecule has 0 aliphatic carbocycles. The number of fused-ring (bicyclic) bond motifs is 1. The molecule has 0 aliphatic heterocycles. The van der Waals surface area contributed by atoms with E-state index in [-0.39, 0.29) is 0 Å². The van der Waals surface area contributed by atoms with Gasteiger partial charge in [-0.2, -0.15) is 0 Å². The maximum Gasteiger partial charge on any atom is 0.180 e. The summed E-state index contributed by atoms with van der Waals surface area (Å²) < 4.78 is 1.85. The van der Waals surface area contributed by atoms with E-state index in [1.807, 2.05) is 42.8 Å². The Hall–Kier alpha value is -1.94. The monoisotopic (exact) mass is 258 g/mol. The van der Waals surface area contributed by atoms with Crippen LogP contribution in [0.2, 0.25) is 5.15 Å². The summed E-state index contributed by atoms with van der Waals surface area (Å²) in [5, 5.41) is 1.63. The molecule has 0 atom stereocenters. The number of halogens is 1. The number of rotatable bonds is 1. The van der Waals surface area contributed by atoms with Gasteiger partial charge < -0.3 is 4.57 Å². The standard InChI is InChI=1S/C13H11ClN4/c1-8-9-7-11(14)18(2)13(9)17-12(16-8)10-5-3-4-6-15-10/h3-7H,1-2H3. The Labute approximate surface area is 109 Å². The molecule has 18 heavy (non-hydrogen) atoms. The maximum atomic E-state index is 6.10. The summed E-state index contributed by atoms with van der Waals surface area (Å²) in [4.78, 5) is 13.3. The normalized spacial score (nSPS) is 11.1. The van der Waals surface area contributed by atoms with E-state index in [9.17, 15) is 0 Å². The highest BCUT2D eigenvalue weighted by molar-refractivity contribution is 6.30. The van der Waals surface area contributed by atoms with Gasteiger partial charge in [-0.3, -0.25) is 4.98 Å². The molecule has 3 heterocycles. The third-order valence-electron chi connectivity index (χ3n) is 2.91. The molecule has 0 radical (unpaired) electrons. The number of hydrogen-bond donors (Lipinski definition) is 0. The van der Waals surface area contributed by atoms with Crippen molar-refractivity contribution in [3.63, 3.8) is 0 Å². The zero-order valence-electron chi connectivity index (χ0n) is 10.1. The molecule has 3 aromatic rings. The lowest BCUT2D eigenvalue weighted by Gasteiger charge is -2.03. The first-order valence-electron chi connectivity index (χ1n) is 5.58. The summed E-state index contributed by atoms with van der Waals surface area (Å²) in [6, 6.07) is 7.57. The molecule has 90 valence electrons. The fraction of sp³-hybridized carbons (Fsp3) is 0.154. The highest BCUT2D eigenvalue weighted by Crippen LogP contribution is 2.25. The second kappa shape index (κ2) is 4.07. The van der Waals surface area contributed by atoms with E-state index in [1.54, 1.807) is 6.20 Å². The van der Waals surface area contributed by atoms with Crippen LogP contribution in [0.4, 0.5) is 0 Å². The molecule has 5 heteroatoms. The van der Waals surface area contributed by atoms with Gasteiger partial charge in [0.2, 0.25) is 0 Å². The van der Waals surface area contributed by atoms with Gasteiger partial charge >= 0.3 is 0 Å². The molecular formula is C13H11ClN4. The SMILES string of the molecule is Cc1nc(-c2ccccn2)nc2c1cc(Cl)n2C. The van der Waals surface area contributed by atoms with Crippen LogP contribution in [0.25, 0.3) is 22.6 Å². The van der Waals surface area contributed by atoms with Crippen molar-refractivity contribution in [2.75, 3.05) is 0 Å². The predicted molar refractivity (Wildman–Crippen MR) is 71.5 cm³/mol. The molecule has 0 saturated heterocycles. The molecule has 3 aromatic heterocycles. The van der Waals surface area contributed by atoms with Gasteiger partial charge in [0.25, 0.3) is 0 Å². The molecule has 0 spiro atoms. The summed E-state index contributed by atoms with van der Waals surface area (Å²) in [6.45, 7) is 1.95. The first-order valence-corrected chi connectivity index (χ1v) is 5.95. The molecule has 0 unspecified atom stereocenters. The van der Waals surface area contributed by atoms with Crippen molar-refractivity contribution < 1.29 is 0 Å². The molecule has 4 nitrogen and oxygen atoms in total. The second-order valence-corrected chi connectivity index (χ2v) is 4.50. The number of aryl methyl sites for hydroxylation is 2. The Kier molecular flexibility index (Phi) is 2.52. The van der Waals surface area contributed by atoms with Gasteiger partial charge in [-0.1, -0.05) is 17.7 Å². The summed E-state index contributed by atoms with van der Waals surface area (Å²) in [5.74, 6) is 0.624. The van der Waals surface area contributed by atoms with Gasteiger partial charge in [-0.05, 0) is 25.1 Å². The lowest BCUT2D eigenvalue weighted by atomic mass is 10.3. The van der Waals surface area contributed by atoms with E-state index in [2.05, 4.69) is 15.0 Å². The first-order chi connectivity index (χ1) is 8.66. The van der Waals surface area contributed by atoms with Crippen LogP contribution in [0, 0.1) is 6.92 Å². The van der Waals surface area contributed by atoms with E-state index in [4.69, 9.17) is 11.6 Å². The van der Waals surface area contributed by atoms with Gasteiger partial charge in [0, 0.05) is 18.6 Å². The largest absolute Gasteiger partial charge is 0.319 e. The minimum absolute atomic E-state index is 0.624. The third kappa shape index (κ3) is 1.66. The molecule has 0 saturated carbocycles. The van der Waals surface area contributed by atoms with Gasteiger partial charge in [0.05, 0.1) is 5.69 Å². The van der Waals surface area contributed by atoms with Crippen LogP contribution in [0.5, 0.6) is 0 Å². The molecule has 0 bridgehead atoms. The van der Waals surface area contributed by atoms with Crippen molar-refractivity contribution in [2.45, 2.75) is 6.92 Å². The highest BCUT2D eigenvalue weighted by Gasteiger charge is 2.12. The van der Waals surface area contributed by atoms with Crippen molar-refractivity contribution in [1.29, 1.82) is 0 Å². The molecular weight excluding hydrogens is 248 g/mol. The third-order valence-corrected chi connectivity index (χ3v) is 3.27. The average Bonchev–Trinajstić information content (AvgIpc) is 2.68. The predicted octanol–water partition coefficient (Wildman–Crippen LogP) is 2.99. The minimum atomic E-state index is 0.624. The summed E-state index contributed by atoms with van der Waals surface area (Å²) in [6.07, 6.45) is 1.73. The van der Waals surface area contributed by atoms with E-state index >= 15 is 0 Å². The fourth-order valence-electron chi connectivity index (χ4n) is 1.92. The summed E-state index contributed by atoms with van der Waals surface area (Å²) in [7, 11) is 1.89. The zero-order chi connectivity index (χ0) is 12.7. The van der Waals surface area contributed by atoms with Crippen molar-refractivity contribution >= 4 is 22.6 Å². The van der Waals surface area contributed by atoms with Crippen LogP contribution in [-0.2, 0) is 7.05 Å². The quantitative estimate of drug-likeness (QED) is 0.674. The van der Waals surface area contributed by atoms with E-state index < -0.39 is 0 Å². The maximum absolute atomic E-state index is 6.10. The summed E-state index contributed by atoms with van der Waals surface area (Å²) >= 11 is 6.10. The molecule has 0 N–H and O–H groups in total. The fourth-order valence-corrected chi connectivity index (χ4v) is 2.11. The van der Waals surface area contributed by atoms with E-state index in [1.165, 1.54) is 0 Å². The topological polar surface area (TPSA) is 43.6 Å². The molecule has 0 aromatic carbocycles. The van der Waals surface area contributed by atoms with Crippen LogP contribution < -0.4 is 0 Å². The zero-order valence-corrected chi connectivity index (χ0v) is 10.8. The Morgan fingerprint density at radius 1 is 1.22 bits per heavy atom. The smallest absolute Gasteiger partial charge is 0.180 e. The van der Waals surface area contributed by atoms with Crippen LogP contribution in [0.3, 0.4) is 0 Å².